The Morgan fingerprint density at radius 1 is 1.19 bits per heavy atom. The second kappa shape index (κ2) is 6.58. The first-order chi connectivity index (χ1) is 9.09. The van der Waals surface area contributed by atoms with Crippen molar-refractivity contribution in [1.29, 1.82) is 0 Å². The Balaban J connectivity index is 0.00000110. The quantitative estimate of drug-likeness (QED) is 0.578. The molecule has 1 atom stereocenters. The van der Waals surface area contributed by atoms with Crippen LogP contribution in [0.1, 0.15) is 33.6 Å². The maximum Gasteiger partial charge on any atom is 0.249 e. The zero-order valence-electron chi connectivity index (χ0n) is 11.4. The van der Waals surface area contributed by atoms with Gasteiger partial charge in [-0.3, -0.25) is 19.7 Å². The molecule has 0 bridgehead atoms. The third-order valence-corrected chi connectivity index (χ3v) is 3.26. The van der Waals surface area contributed by atoms with E-state index in [0.29, 0.717) is 0 Å². The molecule has 2 heterocycles. The van der Waals surface area contributed by atoms with E-state index in [2.05, 4.69) is 11.4 Å². The van der Waals surface area contributed by atoms with Crippen molar-refractivity contribution in [2.24, 2.45) is 0 Å². The van der Waals surface area contributed by atoms with Gasteiger partial charge in [0.15, 0.2) is 5.91 Å². The monoisotopic (exact) mass is 361 g/mol. The summed E-state index contributed by atoms with van der Waals surface area (Å²) in [4.78, 5) is 48.1. The number of hydrogen-bond acceptors (Lipinski definition) is 4. The van der Waals surface area contributed by atoms with Crippen molar-refractivity contribution in [2.45, 2.75) is 18.9 Å². The van der Waals surface area contributed by atoms with Crippen LogP contribution in [0, 0.1) is 13.5 Å². The molecule has 2 aliphatic rings. The van der Waals surface area contributed by atoms with Crippen LogP contribution in [0.2, 0.25) is 0 Å². The van der Waals surface area contributed by atoms with E-state index in [0.717, 1.165) is 4.90 Å². The summed E-state index contributed by atoms with van der Waals surface area (Å²) in [6.45, 7) is 0. The predicted molar refractivity (Wildman–Crippen MR) is 68.4 cm³/mol. The van der Waals surface area contributed by atoms with Gasteiger partial charge in [-0.2, -0.15) is 0 Å². The van der Waals surface area contributed by atoms with Crippen molar-refractivity contribution in [1.82, 2.24) is 10.2 Å². The van der Waals surface area contributed by atoms with Gasteiger partial charge in [0, 0.05) is 39.1 Å². The van der Waals surface area contributed by atoms with Crippen LogP contribution in [0.5, 0.6) is 0 Å². The minimum absolute atomic E-state index is 0. The van der Waals surface area contributed by atoms with Gasteiger partial charge in [0.1, 0.15) is 6.04 Å². The maximum absolute atomic E-state index is 12.2. The van der Waals surface area contributed by atoms with E-state index in [9.17, 15) is 19.2 Å². The van der Waals surface area contributed by atoms with E-state index in [1.807, 2.05) is 0 Å². The molecule has 1 N–H and O–H groups in total. The Kier molecular flexibility index (Phi) is 5.53. The van der Waals surface area contributed by atoms with Crippen LogP contribution < -0.4 is 5.32 Å². The fourth-order valence-corrected chi connectivity index (χ4v) is 2.35. The van der Waals surface area contributed by atoms with Crippen molar-refractivity contribution < 1.29 is 51.9 Å². The molecular weight excluding hydrogens is 349 g/mol. The van der Waals surface area contributed by atoms with Crippen molar-refractivity contribution in [2.75, 3.05) is 0 Å². The predicted octanol–water partition coefficient (Wildman–Crippen LogP) is 0.336. The van der Waals surface area contributed by atoms with E-state index in [4.69, 9.17) is 0 Å². The first kappa shape index (κ1) is 17.7. The Hall–Kier alpha value is -1.40. The summed E-state index contributed by atoms with van der Waals surface area (Å²) >= 11 is 0. The second-order valence-electron chi connectivity index (χ2n) is 4.41. The van der Waals surface area contributed by atoms with Crippen LogP contribution in [0.3, 0.4) is 0 Å². The minimum Gasteiger partial charge on any atom is -0.358 e. The first-order valence-electron chi connectivity index (χ1n) is 5.82. The molecule has 1 saturated heterocycles. The summed E-state index contributed by atoms with van der Waals surface area (Å²) in [7, 11) is 0. The molecule has 1 aromatic rings. The first-order valence-corrected chi connectivity index (χ1v) is 5.82. The molecule has 7 heteroatoms. The van der Waals surface area contributed by atoms with Crippen molar-refractivity contribution >= 4 is 23.6 Å². The number of piperidine rings is 1. The van der Waals surface area contributed by atoms with Gasteiger partial charge in [-0.1, -0.05) is 5.56 Å². The van der Waals surface area contributed by atoms with Gasteiger partial charge in [-0.05, 0) is 12.0 Å². The molecule has 0 spiro atoms. The number of hydrogen-bond donors (Lipinski definition) is 1. The SMILES string of the molecule is O=C1CCC(N2C(=O)c3[c-]cccc3C2=O)C(=O)N1.[CH3-].[Y]. The van der Waals surface area contributed by atoms with Crippen molar-refractivity contribution in [3.05, 3.63) is 42.8 Å². The molecule has 4 amide bonds. The molecule has 0 aromatic heterocycles. The molecule has 3 rings (SSSR count). The Bertz CT molecular complexity index is 594. The van der Waals surface area contributed by atoms with E-state index < -0.39 is 23.8 Å². The van der Waals surface area contributed by atoms with Gasteiger partial charge in [-0.25, -0.2) is 0 Å². The molecular formula is C14H12N2O4Y-2. The molecule has 1 radical (unpaired) electrons. The van der Waals surface area contributed by atoms with Crippen molar-refractivity contribution in [3.63, 3.8) is 0 Å². The average molecular weight is 361 g/mol. The molecule has 6 nitrogen and oxygen atoms in total. The topological polar surface area (TPSA) is 83.6 Å². The smallest absolute Gasteiger partial charge is 0.249 e. The molecule has 107 valence electrons. The van der Waals surface area contributed by atoms with Crippen LogP contribution in [0.4, 0.5) is 0 Å². The minimum atomic E-state index is -0.918. The zero-order chi connectivity index (χ0) is 13.6. The van der Waals surface area contributed by atoms with E-state index in [1.54, 1.807) is 6.07 Å². The summed E-state index contributed by atoms with van der Waals surface area (Å²) in [5.74, 6) is -2.03. The third kappa shape index (κ3) is 2.83. The Labute approximate surface area is 147 Å². The van der Waals surface area contributed by atoms with Gasteiger partial charge in [-0.15, -0.1) is 24.3 Å². The summed E-state index contributed by atoms with van der Waals surface area (Å²) in [5, 5.41) is 2.14. The van der Waals surface area contributed by atoms with Crippen LogP contribution in [0.25, 0.3) is 0 Å². The summed E-state index contributed by atoms with van der Waals surface area (Å²) < 4.78 is 0. The second-order valence-corrected chi connectivity index (χ2v) is 4.41. The Morgan fingerprint density at radius 3 is 2.52 bits per heavy atom. The molecule has 1 unspecified atom stereocenters. The summed E-state index contributed by atoms with van der Waals surface area (Å²) in [5.41, 5.74) is 0.425. The molecule has 0 aliphatic carbocycles. The molecule has 2 aliphatic heterocycles. The zero-order valence-corrected chi connectivity index (χ0v) is 14.2. The number of amides is 4. The van der Waals surface area contributed by atoms with Gasteiger partial charge in [0.25, 0.3) is 0 Å². The van der Waals surface area contributed by atoms with Gasteiger partial charge < -0.3 is 17.1 Å². The maximum atomic E-state index is 12.2. The third-order valence-electron chi connectivity index (χ3n) is 3.26. The number of carbonyl (C=O) groups excluding carboxylic acids is 4. The number of carbonyl (C=O) groups is 4. The fourth-order valence-electron chi connectivity index (χ4n) is 2.35. The molecule has 21 heavy (non-hydrogen) atoms. The average Bonchev–Trinajstić information content (AvgIpc) is 2.64. The van der Waals surface area contributed by atoms with Crippen LogP contribution in [0.15, 0.2) is 18.2 Å². The van der Waals surface area contributed by atoms with Crippen LogP contribution >= 0.6 is 0 Å². The van der Waals surface area contributed by atoms with Crippen LogP contribution in [-0.2, 0) is 42.3 Å². The molecule has 1 aromatic carbocycles. The van der Waals surface area contributed by atoms with Gasteiger partial charge in [0.2, 0.25) is 17.7 Å². The van der Waals surface area contributed by atoms with Gasteiger partial charge in [0.05, 0.1) is 0 Å². The number of nitrogens with one attached hydrogen (secondary N) is 1. The Morgan fingerprint density at radius 2 is 1.90 bits per heavy atom. The summed E-state index contributed by atoms with van der Waals surface area (Å²) in [6.07, 6.45) is 0.281. The summed E-state index contributed by atoms with van der Waals surface area (Å²) in [6, 6.07) is 6.47. The normalized spacial score (nSPS) is 20.4. The fraction of sp³-hybridized carbons (Fsp3) is 0.214. The largest absolute Gasteiger partial charge is 0.358 e. The van der Waals surface area contributed by atoms with E-state index in [1.165, 1.54) is 12.1 Å². The standard InChI is InChI=1S/C13H9N2O4.CH3.Y/c16-10-6-5-9(11(17)14-10)15-12(18)7-3-1-2-4-8(7)13(15)19;;/h1-3,9H,5-6H2,(H,14,16,17);1H3;/q2*-1;. The number of fused-ring (bicyclic) bond motifs is 1. The van der Waals surface area contributed by atoms with Crippen LogP contribution in [-0.4, -0.2) is 34.6 Å². The number of benzene rings is 1. The number of nitrogens with zero attached hydrogens (tertiary/aromatic N) is 1. The van der Waals surface area contributed by atoms with E-state index >= 15 is 0 Å². The molecule has 0 saturated carbocycles. The molecule has 1 fully saturated rings. The number of imide groups is 2. The van der Waals surface area contributed by atoms with E-state index in [-0.39, 0.29) is 70.0 Å². The number of rotatable bonds is 1. The van der Waals surface area contributed by atoms with Crippen molar-refractivity contribution in [3.8, 4) is 0 Å². The van der Waals surface area contributed by atoms with Gasteiger partial charge >= 0.3 is 0 Å².